The summed E-state index contributed by atoms with van der Waals surface area (Å²) in [5.41, 5.74) is 2.39. The average Bonchev–Trinajstić information content (AvgIpc) is 3.18. The molecule has 0 saturated carbocycles. The van der Waals surface area contributed by atoms with Gasteiger partial charge in [-0.05, 0) is 32.3 Å². The van der Waals surface area contributed by atoms with Crippen LogP contribution in [0.5, 0.6) is 0 Å². The van der Waals surface area contributed by atoms with E-state index in [1.165, 1.54) is 17.1 Å². The van der Waals surface area contributed by atoms with E-state index in [1.807, 2.05) is 11.9 Å². The molecular weight excluding hydrogens is 388 g/mol. The van der Waals surface area contributed by atoms with Crippen molar-refractivity contribution < 1.29 is 14.3 Å². The molecule has 156 valence electrons. The summed E-state index contributed by atoms with van der Waals surface area (Å²) in [6.45, 7) is 5.56. The van der Waals surface area contributed by atoms with Gasteiger partial charge in [-0.1, -0.05) is 29.8 Å². The quantitative estimate of drug-likeness (QED) is 0.646. The molecule has 29 heavy (non-hydrogen) atoms. The Morgan fingerprint density at radius 2 is 2.07 bits per heavy atom. The molecule has 1 amide bonds. The van der Waals surface area contributed by atoms with Gasteiger partial charge in [0, 0.05) is 38.1 Å². The van der Waals surface area contributed by atoms with Crippen LogP contribution in [0.4, 0.5) is 5.13 Å². The van der Waals surface area contributed by atoms with Gasteiger partial charge >= 0.3 is 5.97 Å². The lowest BCUT2D eigenvalue weighted by Gasteiger charge is -2.32. The van der Waals surface area contributed by atoms with E-state index in [2.05, 4.69) is 40.5 Å². The molecule has 0 bridgehead atoms. The number of nitrogens with zero attached hydrogens (tertiary/aromatic N) is 4. The first-order chi connectivity index (χ1) is 14.0. The first-order valence-electron chi connectivity index (χ1n) is 10.00. The lowest BCUT2D eigenvalue weighted by atomic mass is 9.98. The van der Waals surface area contributed by atoms with Gasteiger partial charge in [0.1, 0.15) is 5.82 Å². The smallest absolute Gasteiger partial charge is 0.310 e. The lowest BCUT2D eigenvalue weighted by molar-refractivity contribution is -0.151. The molecule has 0 spiro atoms. The first-order valence-corrected chi connectivity index (χ1v) is 10.8. The highest BCUT2D eigenvalue weighted by Crippen LogP contribution is 2.21. The standard InChI is InChI=1S/C21H28N4O3S/c1-4-28-20(27)17-6-5-11-25(13-17)19(26)14-24(3)21-22-18(23-29-21)12-16-9-7-15(2)8-10-16/h7-10,17H,4-6,11-14H2,1-3H3/t17-/m1/s1. The summed E-state index contributed by atoms with van der Waals surface area (Å²) >= 11 is 1.30. The summed E-state index contributed by atoms with van der Waals surface area (Å²) in [7, 11) is 1.85. The normalized spacial score (nSPS) is 16.5. The highest BCUT2D eigenvalue weighted by atomic mass is 32.1. The van der Waals surface area contributed by atoms with Crippen molar-refractivity contribution >= 4 is 28.5 Å². The van der Waals surface area contributed by atoms with E-state index >= 15 is 0 Å². The van der Waals surface area contributed by atoms with Crippen LogP contribution in [-0.4, -0.2) is 59.4 Å². The molecule has 1 aromatic heterocycles. The van der Waals surface area contributed by atoms with E-state index < -0.39 is 0 Å². The minimum Gasteiger partial charge on any atom is -0.466 e. The number of piperidine rings is 1. The molecule has 0 unspecified atom stereocenters. The second-order valence-corrected chi connectivity index (χ2v) is 8.17. The summed E-state index contributed by atoms with van der Waals surface area (Å²) in [6, 6.07) is 8.32. The van der Waals surface area contributed by atoms with Gasteiger partial charge in [-0.15, -0.1) is 0 Å². The summed E-state index contributed by atoms with van der Waals surface area (Å²) in [5.74, 6) is 0.328. The summed E-state index contributed by atoms with van der Waals surface area (Å²) in [5, 5.41) is 0.722. The number of carbonyl (C=O) groups excluding carboxylic acids is 2. The molecule has 1 aliphatic rings. The molecule has 2 aromatic rings. The number of esters is 1. The molecule has 1 atom stereocenters. The van der Waals surface area contributed by atoms with Crippen molar-refractivity contribution in [1.29, 1.82) is 0 Å². The number of amides is 1. The molecular formula is C21H28N4O3S. The molecule has 0 aliphatic carbocycles. The molecule has 8 heteroatoms. The minimum absolute atomic E-state index is 0.00298. The van der Waals surface area contributed by atoms with Gasteiger partial charge in [0.25, 0.3) is 0 Å². The van der Waals surface area contributed by atoms with Gasteiger partial charge < -0.3 is 14.5 Å². The number of rotatable bonds is 7. The van der Waals surface area contributed by atoms with Crippen LogP contribution in [-0.2, 0) is 20.7 Å². The van der Waals surface area contributed by atoms with Crippen molar-refractivity contribution in [3.63, 3.8) is 0 Å². The highest BCUT2D eigenvalue weighted by Gasteiger charge is 2.29. The van der Waals surface area contributed by atoms with Gasteiger partial charge in [-0.2, -0.15) is 4.37 Å². The Kier molecular flexibility index (Phi) is 7.19. The fourth-order valence-corrected chi connectivity index (χ4v) is 4.03. The second-order valence-electron chi connectivity index (χ2n) is 7.44. The van der Waals surface area contributed by atoms with Crippen molar-refractivity contribution in [2.45, 2.75) is 33.1 Å². The second kappa shape index (κ2) is 9.82. The van der Waals surface area contributed by atoms with E-state index in [0.29, 0.717) is 26.1 Å². The van der Waals surface area contributed by atoms with Crippen LogP contribution in [0.15, 0.2) is 24.3 Å². The Hall–Kier alpha value is -2.48. The summed E-state index contributed by atoms with van der Waals surface area (Å²) < 4.78 is 9.55. The molecule has 0 radical (unpaired) electrons. The fraction of sp³-hybridized carbons (Fsp3) is 0.524. The minimum atomic E-state index is -0.222. The van der Waals surface area contributed by atoms with Crippen molar-refractivity contribution in [3.05, 3.63) is 41.2 Å². The van der Waals surface area contributed by atoms with Crippen molar-refractivity contribution in [2.24, 2.45) is 5.92 Å². The maximum Gasteiger partial charge on any atom is 0.310 e. The zero-order valence-corrected chi connectivity index (χ0v) is 18.1. The Morgan fingerprint density at radius 1 is 1.31 bits per heavy atom. The van der Waals surface area contributed by atoms with Crippen LogP contribution >= 0.6 is 11.5 Å². The SMILES string of the molecule is CCOC(=O)[C@@H]1CCCN(C(=O)CN(C)c2nc(Cc3ccc(C)cc3)ns2)C1. The molecule has 1 fully saturated rings. The largest absolute Gasteiger partial charge is 0.466 e. The predicted molar refractivity (Wildman–Crippen MR) is 113 cm³/mol. The Labute approximate surface area is 175 Å². The number of hydrogen-bond donors (Lipinski definition) is 0. The van der Waals surface area contributed by atoms with Crippen LogP contribution in [0.3, 0.4) is 0 Å². The fourth-order valence-electron chi connectivity index (χ4n) is 3.39. The zero-order valence-electron chi connectivity index (χ0n) is 17.3. The monoisotopic (exact) mass is 416 g/mol. The number of likely N-dealkylation sites (N-methyl/N-ethyl adjacent to an activating group) is 1. The Morgan fingerprint density at radius 3 is 2.79 bits per heavy atom. The Bertz CT molecular complexity index is 837. The van der Waals surface area contributed by atoms with Gasteiger partial charge in [-0.3, -0.25) is 9.59 Å². The maximum absolute atomic E-state index is 12.7. The molecule has 0 N–H and O–H groups in total. The van der Waals surface area contributed by atoms with Crippen LogP contribution in [0.2, 0.25) is 0 Å². The van der Waals surface area contributed by atoms with Crippen LogP contribution in [0.1, 0.15) is 36.7 Å². The number of ether oxygens (including phenoxy) is 1. The number of likely N-dealkylation sites (tertiary alicyclic amines) is 1. The first kappa shape index (κ1) is 21.2. The van der Waals surface area contributed by atoms with Crippen LogP contribution < -0.4 is 4.90 Å². The molecule has 2 heterocycles. The average molecular weight is 417 g/mol. The number of aromatic nitrogens is 2. The highest BCUT2D eigenvalue weighted by molar-refractivity contribution is 7.09. The van der Waals surface area contributed by atoms with E-state index in [4.69, 9.17) is 4.74 Å². The molecule has 7 nitrogen and oxygen atoms in total. The number of benzene rings is 1. The predicted octanol–water partition coefficient (Wildman–Crippen LogP) is 2.68. The molecule has 3 rings (SSSR count). The number of aryl methyl sites for hydroxylation is 1. The van der Waals surface area contributed by atoms with Crippen molar-refractivity contribution in [3.8, 4) is 0 Å². The third-order valence-corrected chi connectivity index (χ3v) is 5.90. The van der Waals surface area contributed by atoms with E-state index in [-0.39, 0.29) is 24.3 Å². The van der Waals surface area contributed by atoms with Gasteiger partial charge in [0.05, 0.1) is 19.1 Å². The van der Waals surface area contributed by atoms with Crippen molar-refractivity contribution in [2.75, 3.05) is 38.2 Å². The number of anilines is 1. The Balaban J connectivity index is 1.55. The van der Waals surface area contributed by atoms with Crippen LogP contribution in [0.25, 0.3) is 0 Å². The number of hydrogen-bond acceptors (Lipinski definition) is 7. The maximum atomic E-state index is 12.7. The van der Waals surface area contributed by atoms with E-state index in [1.54, 1.807) is 11.8 Å². The third-order valence-electron chi connectivity index (χ3n) is 5.03. The molecule has 1 aromatic carbocycles. The summed E-state index contributed by atoms with van der Waals surface area (Å²) in [4.78, 5) is 32.9. The van der Waals surface area contributed by atoms with Crippen LogP contribution in [0, 0.1) is 12.8 Å². The third kappa shape index (κ3) is 5.76. The summed E-state index contributed by atoms with van der Waals surface area (Å²) in [6.07, 6.45) is 2.27. The van der Waals surface area contributed by atoms with Gasteiger partial charge in [0.15, 0.2) is 0 Å². The lowest BCUT2D eigenvalue weighted by Crippen LogP contribution is -2.46. The molecule has 1 saturated heterocycles. The van der Waals surface area contributed by atoms with Gasteiger partial charge in [0.2, 0.25) is 11.0 Å². The molecule has 1 aliphatic heterocycles. The van der Waals surface area contributed by atoms with Gasteiger partial charge in [-0.25, -0.2) is 4.98 Å². The number of carbonyl (C=O) groups is 2. The van der Waals surface area contributed by atoms with E-state index in [9.17, 15) is 9.59 Å². The van der Waals surface area contributed by atoms with Crippen molar-refractivity contribution in [1.82, 2.24) is 14.3 Å². The van der Waals surface area contributed by atoms with E-state index in [0.717, 1.165) is 29.4 Å². The zero-order chi connectivity index (χ0) is 20.8. The topological polar surface area (TPSA) is 75.6 Å².